The summed E-state index contributed by atoms with van der Waals surface area (Å²) in [6.45, 7) is 0. The second kappa shape index (κ2) is 6.43. The molecule has 0 saturated carbocycles. The first kappa shape index (κ1) is 15.1. The average molecular weight is 285 g/mol. The predicted molar refractivity (Wildman–Crippen MR) is 80.8 cm³/mol. The first-order valence-electron chi connectivity index (χ1n) is 6.43. The Morgan fingerprint density at radius 2 is 1.43 bits per heavy atom. The Morgan fingerprint density at radius 3 is 1.86 bits per heavy atom. The lowest BCUT2D eigenvalue weighted by atomic mass is 9.80. The molecule has 0 aromatic heterocycles. The molecule has 0 aliphatic rings. The number of carbonyl (C=O) groups is 1. The summed E-state index contributed by atoms with van der Waals surface area (Å²) < 4.78 is 5.62. The summed E-state index contributed by atoms with van der Waals surface area (Å²) in [5, 5.41) is 18.0. The highest BCUT2D eigenvalue weighted by Crippen LogP contribution is 2.21. The largest absolute Gasteiger partial charge is 0.488 e. The number of hydrogen-bond donors (Lipinski definition) is 2. The standard InChI is InChI=1S/C15H16BNO4/c1-17(2)15(18)11-3-7-13(8-4-11)21-14-9-5-12(6-10-14)16(19)20/h3-10,19-20H,1-2H3. The Bertz CT molecular complexity index is 609. The zero-order valence-electron chi connectivity index (χ0n) is 11.9. The van der Waals surface area contributed by atoms with E-state index in [1.54, 1.807) is 62.6 Å². The van der Waals surface area contributed by atoms with E-state index in [1.807, 2.05) is 0 Å². The van der Waals surface area contributed by atoms with Gasteiger partial charge in [0.2, 0.25) is 0 Å². The summed E-state index contributed by atoms with van der Waals surface area (Å²) in [7, 11) is 1.91. The summed E-state index contributed by atoms with van der Waals surface area (Å²) in [5.74, 6) is 1.11. The van der Waals surface area contributed by atoms with Crippen molar-refractivity contribution in [2.24, 2.45) is 0 Å². The van der Waals surface area contributed by atoms with E-state index in [-0.39, 0.29) is 5.91 Å². The lowest BCUT2D eigenvalue weighted by Gasteiger charge is -2.11. The summed E-state index contributed by atoms with van der Waals surface area (Å²) >= 11 is 0. The molecule has 0 spiro atoms. The number of amides is 1. The zero-order valence-corrected chi connectivity index (χ0v) is 11.9. The average Bonchev–Trinajstić information content (AvgIpc) is 2.47. The quantitative estimate of drug-likeness (QED) is 0.817. The Morgan fingerprint density at radius 1 is 0.952 bits per heavy atom. The van der Waals surface area contributed by atoms with E-state index in [9.17, 15) is 4.79 Å². The summed E-state index contributed by atoms with van der Waals surface area (Å²) in [4.78, 5) is 13.3. The van der Waals surface area contributed by atoms with Crippen molar-refractivity contribution < 1.29 is 19.6 Å². The Balaban J connectivity index is 2.08. The van der Waals surface area contributed by atoms with Gasteiger partial charge in [0.1, 0.15) is 11.5 Å². The van der Waals surface area contributed by atoms with Crippen LogP contribution in [0.1, 0.15) is 10.4 Å². The van der Waals surface area contributed by atoms with Crippen LogP contribution in [0.4, 0.5) is 0 Å². The molecule has 0 aliphatic carbocycles. The normalized spacial score (nSPS) is 10.1. The zero-order chi connectivity index (χ0) is 15.4. The highest BCUT2D eigenvalue weighted by Gasteiger charge is 2.10. The molecule has 0 fully saturated rings. The third-order valence-electron chi connectivity index (χ3n) is 2.92. The Kier molecular flexibility index (Phi) is 4.62. The van der Waals surface area contributed by atoms with Crippen LogP contribution in [0.25, 0.3) is 0 Å². The Labute approximate surface area is 123 Å². The van der Waals surface area contributed by atoms with Gasteiger partial charge < -0.3 is 19.7 Å². The van der Waals surface area contributed by atoms with Crippen LogP contribution in [-0.2, 0) is 0 Å². The molecule has 1 amide bonds. The lowest BCUT2D eigenvalue weighted by molar-refractivity contribution is 0.0827. The fraction of sp³-hybridized carbons (Fsp3) is 0.133. The molecule has 2 aromatic rings. The maximum absolute atomic E-state index is 11.8. The molecule has 108 valence electrons. The van der Waals surface area contributed by atoms with E-state index >= 15 is 0 Å². The molecule has 2 rings (SSSR count). The summed E-state index contributed by atoms with van der Waals surface area (Å²) in [6.07, 6.45) is 0. The van der Waals surface area contributed by atoms with Gasteiger partial charge in [-0.15, -0.1) is 0 Å². The third kappa shape index (κ3) is 3.84. The van der Waals surface area contributed by atoms with Crippen molar-refractivity contribution >= 4 is 18.5 Å². The summed E-state index contributed by atoms with van der Waals surface area (Å²) in [6, 6.07) is 13.3. The van der Waals surface area contributed by atoms with E-state index in [0.717, 1.165) is 0 Å². The molecular formula is C15H16BNO4. The molecule has 2 N–H and O–H groups in total. The molecular weight excluding hydrogens is 269 g/mol. The van der Waals surface area contributed by atoms with Crippen LogP contribution in [0.15, 0.2) is 48.5 Å². The number of carbonyl (C=O) groups excluding carboxylic acids is 1. The van der Waals surface area contributed by atoms with Gasteiger partial charge in [-0.3, -0.25) is 4.79 Å². The maximum Gasteiger partial charge on any atom is 0.488 e. The molecule has 0 heterocycles. The topological polar surface area (TPSA) is 70.0 Å². The molecule has 0 atom stereocenters. The summed E-state index contributed by atoms with van der Waals surface area (Å²) in [5.41, 5.74) is 0.986. The van der Waals surface area contributed by atoms with Crippen molar-refractivity contribution in [3.05, 3.63) is 54.1 Å². The van der Waals surface area contributed by atoms with Gasteiger partial charge in [0.25, 0.3) is 5.91 Å². The number of rotatable bonds is 4. The van der Waals surface area contributed by atoms with Crippen LogP contribution >= 0.6 is 0 Å². The van der Waals surface area contributed by atoms with Crippen molar-refractivity contribution in [3.63, 3.8) is 0 Å². The molecule has 6 heteroatoms. The molecule has 0 bridgehead atoms. The predicted octanol–water partition coefficient (Wildman–Crippen LogP) is 0.861. The van der Waals surface area contributed by atoms with Crippen molar-refractivity contribution in [2.45, 2.75) is 0 Å². The number of nitrogens with zero attached hydrogens (tertiary/aromatic N) is 1. The first-order valence-corrected chi connectivity index (χ1v) is 6.43. The fourth-order valence-electron chi connectivity index (χ4n) is 1.77. The van der Waals surface area contributed by atoms with Crippen molar-refractivity contribution in [2.75, 3.05) is 14.1 Å². The van der Waals surface area contributed by atoms with Gasteiger partial charge in [-0.05, 0) is 41.9 Å². The second-order valence-corrected chi connectivity index (χ2v) is 4.77. The van der Waals surface area contributed by atoms with E-state index in [0.29, 0.717) is 22.5 Å². The molecule has 0 radical (unpaired) electrons. The maximum atomic E-state index is 11.8. The van der Waals surface area contributed by atoms with Crippen LogP contribution < -0.4 is 10.2 Å². The van der Waals surface area contributed by atoms with Crippen LogP contribution in [0.2, 0.25) is 0 Å². The number of ether oxygens (including phenoxy) is 1. The molecule has 0 aliphatic heterocycles. The van der Waals surface area contributed by atoms with Crippen LogP contribution in [0.5, 0.6) is 11.5 Å². The van der Waals surface area contributed by atoms with Crippen molar-refractivity contribution in [1.29, 1.82) is 0 Å². The smallest absolute Gasteiger partial charge is 0.457 e. The molecule has 5 nitrogen and oxygen atoms in total. The van der Waals surface area contributed by atoms with Crippen molar-refractivity contribution in [3.8, 4) is 11.5 Å². The minimum absolute atomic E-state index is 0.0668. The third-order valence-corrected chi connectivity index (χ3v) is 2.92. The van der Waals surface area contributed by atoms with E-state index in [2.05, 4.69) is 0 Å². The first-order chi connectivity index (χ1) is 9.97. The van der Waals surface area contributed by atoms with E-state index < -0.39 is 7.12 Å². The van der Waals surface area contributed by atoms with Crippen LogP contribution in [0, 0.1) is 0 Å². The van der Waals surface area contributed by atoms with Gasteiger partial charge in [-0.2, -0.15) is 0 Å². The minimum atomic E-state index is -1.49. The lowest BCUT2D eigenvalue weighted by Crippen LogP contribution is -2.29. The monoisotopic (exact) mass is 285 g/mol. The Hall–Kier alpha value is -2.31. The highest BCUT2D eigenvalue weighted by molar-refractivity contribution is 6.58. The second-order valence-electron chi connectivity index (χ2n) is 4.77. The van der Waals surface area contributed by atoms with Gasteiger partial charge in [-0.1, -0.05) is 12.1 Å². The van der Waals surface area contributed by atoms with E-state index in [4.69, 9.17) is 14.8 Å². The highest BCUT2D eigenvalue weighted by atomic mass is 16.5. The number of hydrogen-bond acceptors (Lipinski definition) is 4. The SMILES string of the molecule is CN(C)C(=O)c1ccc(Oc2ccc(B(O)O)cc2)cc1. The van der Waals surface area contributed by atoms with Gasteiger partial charge in [0.05, 0.1) is 0 Å². The van der Waals surface area contributed by atoms with Crippen molar-refractivity contribution in [1.82, 2.24) is 4.90 Å². The van der Waals surface area contributed by atoms with Crippen LogP contribution in [0.3, 0.4) is 0 Å². The number of benzene rings is 2. The van der Waals surface area contributed by atoms with Gasteiger partial charge in [0.15, 0.2) is 0 Å². The molecule has 21 heavy (non-hydrogen) atoms. The molecule has 0 unspecified atom stereocenters. The van der Waals surface area contributed by atoms with Crippen LogP contribution in [-0.4, -0.2) is 42.1 Å². The molecule has 2 aromatic carbocycles. The molecule has 0 saturated heterocycles. The van der Waals surface area contributed by atoms with Gasteiger partial charge in [0, 0.05) is 19.7 Å². The van der Waals surface area contributed by atoms with E-state index in [1.165, 1.54) is 4.90 Å². The fourth-order valence-corrected chi connectivity index (χ4v) is 1.77. The van der Waals surface area contributed by atoms with Gasteiger partial charge in [-0.25, -0.2) is 0 Å². The minimum Gasteiger partial charge on any atom is -0.457 e. The van der Waals surface area contributed by atoms with Gasteiger partial charge >= 0.3 is 7.12 Å².